The van der Waals surface area contributed by atoms with Gasteiger partial charge in [-0.1, -0.05) is 24.3 Å². The van der Waals surface area contributed by atoms with E-state index in [1.165, 1.54) is 0 Å². The molecule has 7 heteroatoms. The lowest BCUT2D eigenvalue weighted by Gasteiger charge is -2.45. The molecule has 4 rings (SSSR count). The topological polar surface area (TPSA) is 15.7 Å². The van der Waals surface area contributed by atoms with Crippen LogP contribution < -0.4 is 9.80 Å². The van der Waals surface area contributed by atoms with Crippen molar-refractivity contribution in [2.24, 2.45) is 0 Å². The van der Waals surface area contributed by atoms with Gasteiger partial charge < -0.3 is 14.5 Å². The highest BCUT2D eigenvalue weighted by atomic mass is 32.2. The number of halogens is 3. The highest BCUT2D eigenvalue weighted by Gasteiger charge is 2.49. The fraction of sp³-hybridized carbons (Fsp3) is 0.444. The third kappa shape index (κ3) is 2.73. The highest BCUT2D eigenvalue weighted by molar-refractivity contribution is 7.99. The van der Waals surface area contributed by atoms with Crippen LogP contribution >= 0.6 is 11.8 Å². The molecule has 3 nitrogen and oxygen atoms in total. The summed E-state index contributed by atoms with van der Waals surface area (Å²) in [5.41, 5.74) is 1.90. The molecule has 0 spiro atoms. The molecule has 1 saturated heterocycles. The first-order chi connectivity index (χ1) is 11.9. The van der Waals surface area contributed by atoms with E-state index in [0.29, 0.717) is 18.0 Å². The predicted molar refractivity (Wildman–Crippen MR) is 96.6 cm³/mol. The van der Waals surface area contributed by atoms with E-state index >= 15 is 0 Å². The zero-order valence-corrected chi connectivity index (χ0v) is 14.8. The number of fused-ring (bicyclic) bond motifs is 5. The predicted octanol–water partition coefficient (Wildman–Crippen LogP) is 4.42. The zero-order valence-electron chi connectivity index (χ0n) is 14.0. The summed E-state index contributed by atoms with van der Waals surface area (Å²) in [5.74, 6) is 1.44. The Kier molecular flexibility index (Phi) is 4.03. The number of hydrogen-bond acceptors (Lipinski definition) is 4. The van der Waals surface area contributed by atoms with Crippen LogP contribution in [0.25, 0.3) is 10.8 Å². The number of anilines is 2. The van der Waals surface area contributed by atoms with Gasteiger partial charge in [0.05, 0.1) is 5.69 Å². The monoisotopic (exact) mass is 368 g/mol. The van der Waals surface area contributed by atoms with Gasteiger partial charge in [0.2, 0.25) is 0 Å². The third-order valence-electron chi connectivity index (χ3n) is 4.77. The fourth-order valence-electron chi connectivity index (χ4n) is 3.70. The minimum atomic E-state index is -4.42. The summed E-state index contributed by atoms with van der Waals surface area (Å²) in [6.45, 7) is 0.693. The van der Waals surface area contributed by atoms with E-state index in [9.17, 15) is 13.2 Å². The smallest absolute Gasteiger partial charge is 0.377 e. The van der Waals surface area contributed by atoms with Crippen LogP contribution in [0.5, 0.6) is 0 Å². The molecule has 0 radical (unpaired) electrons. The first-order valence-electron chi connectivity index (χ1n) is 8.17. The van der Waals surface area contributed by atoms with E-state index in [1.807, 2.05) is 42.1 Å². The van der Waals surface area contributed by atoms with Gasteiger partial charge >= 0.3 is 6.18 Å². The van der Waals surface area contributed by atoms with Crippen molar-refractivity contribution in [3.63, 3.8) is 0 Å². The van der Waals surface area contributed by atoms with Crippen molar-refractivity contribution in [3.05, 3.63) is 35.9 Å². The van der Waals surface area contributed by atoms with Gasteiger partial charge in [-0.2, -0.15) is 24.9 Å². The van der Waals surface area contributed by atoms with Crippen molar-refractivity contribution >= 4 is 33.9 Å². The normalized spacial score (nSPS) is 23.3. The third-order valence-corrected chi connectivity index (χ3v) is 5.76. The lowest BCUT2D eigenvalue weighted by molar-refractivity contribution is -0.237. The maximum Gasteiger partial charge on any atom is 0.419 e. The van der Waals surface area contributed by atoms with Crippen LogP contribution in [-0.4, -0.2) is 44.6 Å². The largest absolute Gasteiger partial charge is 0.419 e. The first kappa shape index (κ1) is 16.8. The van der Waals surface area contributed by atoms with Crippen molar-refractivity contribution in [1.29, 1.82) is 0 Å². The molecule has 2 aromatic carbocycles. The molecule has 25 heavy (non-hydrogen) atoms. The lowest BCUT2D eigenvalue weighted by Crippen LogP contribution is -2.50. The Balaban J connectivity index is 1.99. The zero-order chi connectivity index (χ0) is 17.8. The maximum atomic E-state index is 13.6. The van der Waals surface area contributed by atoms with Gasteiger partial charge in [-0.25, -0.2) is 0 Å². The van der Waals surface area contributed by atoms with E-state index < -0.39 is 18.5 Å². The molecule has 2 atom stereocenters. The number of alkyl halides is 3. The Morgan fingerprint density at radius 3 is 2.68 bits per heavy atom. The number of ether oxygens (including phenoxy) is 1. The van der Waals surface area contributed by atoms with Crippen molar-refractivity contribution in [2.75, 3.05) is 41.9 Å². The average molecular weight is 368 g/mol. The number of hydrogen-bond donors (Lipinski definition) is 0. The van der Waals surface area contributed by atoms with Gasteiger partial charge in [0, 0.05) is 54.2 Å². The van der Waals surface area contributed by atoms with Crippen LogP contribution in [0.1, 0.15) is 11.7 Å². The summed E-state index contributed by atoms with van der Waals surface area (Å²) < 4.78 is 46.4. The molecule has 0 aromatic heterocycles. The molecule has 0 N–H and O–H groups in total. The molecule has 0 saturated carbocycles. The molecular weight excluding hydrogens is 349 g/mol. The molecular formula is C18H19F3N2OS. The molecule has 2 aromatic rings. The van der Waals surface area contributed by atoms with Gasteiger partial charge in [-0.3, -0.25) is 0 Å². The second-order valence-corrected chi connectivity index (χ2v) is 7.70. The molecule has 0 bridgehead atoms. The molecule has 2 aliphatic rings. The van der Waals surface area contributed by atoms with Crippen molar-refractivity contribution in [3.8, 4) is 0 Å². The van der Waals surface area contributed by atoms with E-state index in [0.717, 1.165) is 22.2 Å². The minimum Gasteiger partial charge on any atom is -0.377 e. The molecule has 2 aliphatic heterocycles. The van der Waals surface area contributed by atoms with E-state index in [4.69, 9.17) is 4.74 Å². The minimum absolute atomic E-state index is 0.221. The van der Waals surface area contributed by atoms with Crippen LogP contribution in [0.4, 0.5) is 24.5 Å². The Morgan fingerprint density at radius 2 is 1.96 bits per heavy atom. The van der Waals surface area contributed by atoms with Crippen molar-refractivity contribution in [2.45, 2.75) is 18.5 Å². The van der Waals surface area contributed by atoms with Crippen molar-refractivity contribution in [1.82, 2.24) is 0 Å². The molecule has 134 valence electrons. The SMILES string of the molecule is CN(C)c1cccc2c3c(ccc12)C(C(F)(F)F)OC1CSCCN31. The summed E-state index contributed by atoms with van der Waals surface area (Å²) in [4.78, 5) is 3.99. The number of thioether (sulfide) groups is 1. The summed E-state index contributed by atoms with van der Waals surface area (Å²) in [6, 6.07) is 9.17. The van der Waals surface area contributed by atoms with Gasteiger partial charge in [0.1, 0.15) is 6.23 Å². The van der Waals surface area contributed by atoms with E-state index in [-0.39, 0.29) is 5.56 Å². The Bertz CT molecular complexity index is 809. The highest BCUT2D eigenvalue weighted by Crippen LogP contribution is 2.49. The lowest BCUT2D eigenvalue weighted by atomic mass is 9.96. The van der Waals surface area contributed by atoms with Crippen LogP contribution in [0.2, 0.25) is 0 Å². The maximum absolute atomic E-state index is 13.6. The summed E-state index contributed by atoms with van der Waals surface area (Å²) in [7, 11) is 3.88. The van der Waals surface area contributed by atoms with Crippen LogP contribution in [0.3, 0.4) is 0 Å². The number of benzene rings is 2. The van der Waals surface area contributed by atoms with Gasteiger partial charge in [-0.05, 0) is 6.07 Å². The summed E-state index contributed by atoms with van der Waals surface area (Å²) in [6.07, 6.45) is -6.82. The second kappa shape index (κ2) is 5.99. The number of nitrogens with zero attached hydrogens (tertiary/aromatic N) is 2. The molecule has 2 heterocycles. The Labute approximate surface area is 148 Å². The van der Waals surface area contributed by atoms with Gasteiger partial charge in [0.25, 0.3) is 0 Å². The quantitative estimate of drug-likeness (QED) is 0.740. The van der Waals surface area contributed by atoms with E-state index in [2.05, 4.69) is 0 Å². The van der Waals surface area contributed by atoms with Gasteiger partial charge in [-0.15, -0.1) is 0 Å². The number of rotatable bonds is 1. The first-order valence-corrected chi connectivity index (χ1v) is 9.33. The van der Waals surface area contributed by atoms with Gasteiger partial charge in [0.15, 0.2) is 6.10 Å². The fourth-order valence-corrected chi connectivity index (χ4v) is 4.65. The van der Waals surface area contributed by atoms with Crippen LogP contribution in [0.15, 0.2) is 30.3 Å². The second-order valence-electron chi connectivity index (χ2n) is 6.55. The Hall–Kier alpha value is -1.60. The van der Waals surface area contributed by atoms with Crippen LogP contribution in [0, 0.1) is 0 Å². The molecule has 0 amide bonds. The molecule has 0 aliphatic carbocycles. The summed E-state index contributed by atoms with van der Waals surface area (Å²) >= 11 is 1.64. The Morgan fingerprint density at radius 1 is 1.16 bits per heavy atom. The van der Waals surface area contributed by atoms with Crippen LogP contribution in [-0.2, 0) is 4.74 Å². The molecule has 1 fully saturated rings. The average Bonchev–Trinajstić information content (AvgIpc) is 2.58. The molecule has 2 unspecified atom stereocenters. The summed E-state index contributed by atoms with van der Waals surface area (Å²) in [5, 5.41) is 1.82. The van der Waals surface area contributed by atoms with Crippen molar-refractivity contribution < 1.29 is 17.9 Å². The van der Waals surface area contributed by atoms with E-state index in [1.54, 1.807) is 23.9 Å². The standard InChI is InChI=1S/C18H19F3N2OS/c1-22(2)14-5-3-4-12-11(14)6-7-13-16(12)23-8-9-25-10-15(23)24-17(13)18(19,20)21/h3-7,15,17H,8-10H2,1-2H3.